The Labute approximate surface area is 247 Å². The lowest BCUT2D eigenvalue weighted by molar-refractivity contribution is -0.139. The van der Waals surface area contributed by atoms with E-state index in [4.69, 9.17) is 9.47 Å². The van der Waals surface area contributed by atoms with Gasteiger partial charge in [-0.05, 0) is 79.8 Å². The van der Waals surface area contributed by atoms with E-state index in [1.54, 1.807) is 36.6 Å². The number of hydrogen-bond acceptors (Lipinski definition) is 6. The number of hydrogen-bond donors (Lipinski definition) is 0. The van der Waals surface area contributed by atoms with Crippen LogP contribution in [0.3, 0.4) is 0 Å². The summed E-state index contributed by atoms with van der Waals surface area (Å²) < 4.78 is 26.8. The molecule has 1 aromatic heterocycles. The number of halogens is 1. The van der Waals surface area contributed by atoms with Crippen LogP contribution in [0, 0.1) is 12.7 Å². The summed E-state index contributed by atoms with van der Waals surface area (Å²) in [6.07, 6.45) is 4.19. The Morgan fingerprint density at radius 2 is 1.83 bits per heavy atom. The SMILES string of the molecule is C=CCc1cc(/C=c2/sc3n(c2=O)[C@@H](c2ccc(C)cc2)C(C(=O)OCC)=C(C)N=3)ccc1OCc1ccc(F)cc1. The third kappa shape index (κ3) is 6.04. The number of allylic oxidation sites excluding steroid dienone is 2. The Hall–Kier alpha value is -4.56. The Kier molecular flexibility index (Phi) is 8.64. The molecule has 0 unspecified atom stereocenters. The second kappa shape index (κ2) is 12.5. The Balaban J connectivity index is 1.55. The minimum atomic E-state index is -0.651. The molecule has 0 N–H and O–H groups in total. The van der Waals surface area contributed by atoms with Gasteiger partial charge in [-0.3, -0.25) is 9.36 Å². The highest BCUT2D eigenvalue weighted by Crippen LogP contribution is 2.31. The zero-order chi connectivity index (χ0) is 29.8. The number of benzene rings is 3. The number of esters is 1. The summed E-state index contributed by atoms with van der Waals surface area (Å²) in [7, 11) is 0. The lowest BCUT2D eigenvalue weighted by Crippen LogP contribution is -2.39. The zero-order valence-electron chi connectivity index (χ0n) is 23.7. The lowest BCUT2D eigenvalue weighted by Gasteiger charge is -2.24. The van der Waals surface area contributed by atoms with Gasteiger partial charge in [0.1, 0.15) is 18.2 Å². The van der Waals surface area contributed by atoms with Crippen molar-refractivity contribution < 1.29 is 18.7 Å². The van der Waals surface area contributed by atoms with Gasteiger partial charge >= 0.3 is 5.97 Å². The van der Waals surface area contributed by atoms with E-state index in [0.717, 1.165) is 27.8 Å². The third-order valence-corrected chi connectivity index (χ3v) is 7.95. The standard InChI is InChI=1S/C34H31FN2O4S/c1-5-7-26-18-24(12-17-28(26)41-20-23-10-15-27(35)16-11-23)19-29-32(38)37-31(25-13-8-21(3)9-14-25)30(33(39)40-6-2)22(4)36-34(37)42-29/h5,8-19,31H,1,6-7,20H2,2-4H3/b29-19+/t31-/m0/s1. The summed E-state index contributed by atoms with van der Waals surface area (Å²) in [6.45, 7) is 9.90. The second-order valence-corrected chi connectivity index (χ2v) is 11.0. The summed E-state index contributed by atoms with van der Waals surface area (Å²) >= 11 is 1.28. The minimum absolute atomic E-state index is 0.220. The topological polar surface area (TPSA) is 69.9 Å². The normalized spacial score (nSPS) is 14.8. The van der Waals surface area contributed by atoms with Gasteiger partial charge in [0.15, 0.2) is 4.80 Å². The second-order valence-electron chi connectivity index (χ2n) is 9.99. The van der Waals surface area contributed by atoms with Crippen LogP contribution >= 0.6 is 11.3 Å². The average molecular weight is 583 g/mol. The van der Waals surface area contributed by atoms with E-state index in [9.17, 15) is 14.0 Å². The quantitative estimate of drug-likeness (QED) is 0.192. The molecule has 0 fully saturated rings. The first-order valence-corrected chi connectivity index (χ1v) is 14.5. The summed E-state index contributed by atoms with van der Waals surface area (Å²) in [6, 6.07) is 19.0. The van der Waals surface area contributed by atoms with E-state index in [1.807, 2.05) is 55.5 Å². The van der Waals surface area contributed by atoms with Crippen LogP contribution in [0.5, 0.6) is 5.75 Å². The largest absolute Gasteiger partial charge is 0.489 e. The van der Waals surface area contributed by atoms with Crippen molar-refractivity contribution in [2.75, 3.05) is 6.61 Å². The number of fused-ring (bicyclic) bond motifs is 1. The molecule has 0 saturated heterocycles. The van der Waals surface area contributed by atoms with Crippen LogP contribution in [-0.2, 0) is 22.6 Å². The van der Waals surface area contributed by atoms with E-state index >= 15 is 0 Å². The summed E-state index contributed by atoms with van der Waals surface area (Å²) in [5, 5.41) is 0. The summed E-state index contributed by atoms with van der Waals surface area (Å²) in [4.78, 5) is 32.1. The molecule has 4 aromatic rings. The maximum absolute atomic E-state index is 13.9. The fraction of sp³-hybridized carbons (Fsp3) is 0.206. The molecule has 1 aliphatic heterocycles. The minimum Gasteiger partial charge on any atom is -0.489 e. The van der Waals surface area contributed by atoms with Crippen molar-refractivity contribution in [3.8, 4) is 5.75 Å². The molecular formula is C34H31FN2O4S. The van der Waals surface area contributed by atoms with Gasteiger partial charge in [0, 0.05) is 0 Å². The number of carbonyl (C=O) groups excluding carboxylic acids is 1. The van der Waals surface area contributed by atoms with Gasteiger partial charge in [-0.1, -0.05) is 65.4 Å². The molecule has 5 rings (SSSR count). The average Bonchev–Trinajstić information content (AvgIpc) is 3.27. The van der Waals surface area contributed by atoms with Crippen molar-refractivity contribution in [1.29, 1.82) is 0 Å². The predicted octanol–water partition coefficient (Wildman–Crippen LogP) is 5.55. The monoisotopic (exact) mass is 582 g/mol. The van der Waals surface area contributed by atoms with E-state index in [0.29, 0.717) is 39.4 Å². The number of aromatic nitrogens is 1. The molecule has 0 bridgehead atoms. The lowest BCUT2D eigenvalue weighted by atomic mass is 9.95. The number of aryl methyl sites for hydroxylation is 1. The zero-order valence-corrected chi connectivity index (χ0v) is 24.5. The van der Waals surface area contributed by atoms with E-state index < -0.39 is 12.0 Å². The highest BCUT2D eigenvalue weighted by Gasteiger charge is 2.33. The van der Waals surface area contributed by atoms with Gasteiger partial charge in [-0.2, -0.15) is 0 Å². The maximum atomic E-state index is 13.9. The van der Waals surface area contributed by atoms with E-state index in [2.05, 4.69) is 11.6 Å². The number of rotatable bonds is 9. The molecule has 3 aromatic carbocycles. The Bertz CT molecular complexity index is 1850. The molecule has 8 heteroatoms. The molecule has 0 saturated carbocycles. The number of nitrogens with zero attached hydrogens (tertiary/aromatic N) is 2. The van der Waals surface area contributed by atoms with Crippen LogP contribution in [0.4, 0.5) is 4.39 Å². The Morgan fingerprint density at radius 3 is 2.52 bits per heavy atom. The van der Waals surface area contributed by atoms with Gasteiger partial charge in [0.2, 0.25) is 0 Å². The predicted molar refractivity (Wildman–Crippen MR) is 163 cm³/mol. The first-order valence-electron chi connectivity index (χ1n) is 13.7. The molecule has 1 aliphatic rings. The molecule has 0 amide bonds. The van der Waals surface area contributed by atoms with Gasteiger partial charge in [0.05, 0.1) is 28.5 Å². The van der Waals surface area contributed by atoms with Crippen molar-refractivity contribution in [2.24, 2.45) is 4.99 Å². The van der Waals surface area contributed by atoms with Crippen LogP contribution in [0.2, 0.25) is 0 Å². The van der Waals surface area contributed by atoms with Crippen molar-refractivity contribution in [3.63, 3.8) is 0 Å². The summed E-state index contributed by atoms with van der Waals surface area (Å²) in [5.41, 5.74) is 5.11. The van der Waals surface area contributed by atoms with Gasteiger partial charge in [-0.15, -0.1) is 6.58 Å². The van der Waals surface area contributed by atoms with Gasteiger partial charge in [0.25, 0.3) is 5.56 Å². The fourth-order valence-electron chi connectivity index (χ4n) is 4.89. The van der Waals surface area contributed by atoms with Crippen LogP contribution in [0.15, 0.2) is 100 Å². The molecule has 0 spiro atoms. The molecule has 6 nitrogen and oxygen atoms in total. The third-order valence-electron chi connectivity index (χ3n) is 6.96. The van der Waals surface area contributed by atoms with Crippen LogP contribution in [0.1, 0.15) is 47.7 Å². The Morgan fingerprint density at radius 1 is 1.10 bits per heavy atom. The maximum Gasteiger partial charge on any atom is 0.338 e. The van der Waals surface area contributed by atoms with Crippen molar-refractivity contribution in [2.45, 2.75) is 39.8 Å². The molecule has 1 atom stereocenters. The van der Waals surface area contributed by atoms with Gasteiger partial charge < -0.3 is 9.47 Å². The fourth-order valence-corrected chi connectivity index (χ4v) is 5.94. The molecular weight excluding hydrogens is 551 g/mol. The highest BCUT2D eigenvalue weighted by molar-refractivity contribution is 7.07. The van der Waals surface area contributed by atoms with Crippen LogP contribution in [0.25, 0.3) is 6.08 Å². The van der Waals surface area contributed by atoms with E-state index in [-0.39, 0.29) is 18.0 Å². The van der Waals surface area contributed by atoms with Crippen LogP contribution in [-0.4, -0.2) is 17.1 Å². The molecule has 0 radical (unpaired) electrons. The van der Waals surface area contributed by atoms with Crippen molar-refractivity contribution >= 4 is 23.4 Å². The van der Waals surface area contributed by atoms with Crippen molar-refractivity contribution in [3.05, 3.63) is 144 Å². The molecule has 2 heterocycles. The first-order chi connectivity index (χ1) is 20.3. The highest BCUT2D eigenvalue weighted by atomic mass is 32.1. The molecule has 214 valence electrons. The number of thiazole rings is 1. The molecule has 42 heavy (non-hydrogen) atoms. The van der Waals surface area contributed by atoms with Crippen molar-refractivity contribution in [1.82, 2.24) is 4.57 Å². The van der Waals surface area contributed by atoms with Gasteiger partial charge in [-0.25, -0.2) is 14.2 Å². The van der Waals surface area contributed by atoms with E-state index in [1.165, 1.54) is 23.5 Å². The summed E-state index contributed by atoms with van der Waals surface area (Å²) in [5.74, 6) is -0.0889. The first kappa shape index (κ1) is 29.0. The van der Waals surface area contributed by atoms with Crippen LogP contribution < -0.4 is 19.6 Å². The molecule has 0 aliphatic carbocycles. The number of ether oxygens (including phenoxy) is 2. The smallest absolute Gasteiger partial charge is 0.338 e. The number of carbonyl (C=O) groups is 1.